The topological polar surface area (TPSA) is 43.3 Å². The average molecular weight is 171 g/mol. The largest absolute Gasteiger partial charge is 0.854 e. The fourth-order valence-electron chi connectivity index (χ4n) is 0.631. The van der Waals surface area contributed by atoms with Gasteiger partial charge in [-0.2, -0.15) is 13.2 Å². The van der Waals surface area contributed by atoms with E-state index in [1.165, 1.54) is 6.92 Å². The number of alkyl halides is 3. The smallest absolute Gasteiger partial charge is 0.395 e. The molecule has 0 aliphatic rings. The summed E-state index contributed by atoms with van der Waals surface area (Å²) >= 11 is 0. The second-order valence-electron chi connectivity index (χ2n) is 2.43. The zero-order valence-corrected chi connectivity index (χ0v) is 6.11. The van der Waals surface area contributed by atoms with E-state index >= 15 is 0 Å². The summed E-state index contributed by atoms with van der Waals surface area (Å²) in [6.07, 6.45) is -4.98. The van der Waals surface area contributed by atoms with Gasteiger partial charge in [0.25, 0.3) is 0 Å². The number of aliphatic hydroxyl groups excluding tert-OH is 1. The summed E-state index contributed by atoms with van der Waals surface area (Å²) < 4.78 is 36.0. The summed E-state index contributed by atoms with van der Waals surface area (Å²) in [6.45, 7) is -1.21. The van der Waals surface area contributed by atoms with E-state index in [2.05, 4.69) is 0 Å². The average Bonchev–Trinajstić information content (AvgIpc) is 1.90. The van der Waals surface area contributed by atoms with Gasteiger partial charge in [0.2, 0.25) is 0 Å². The highest BCUT2D eigenvalue weighted by atomic mass is 19.4. The Labute approximate surface area is 62.6 Å². The van der Waals surface area contributed by atoms with Crippen molar-refractivity contribution in [1.82, 2.24) is 0 Å². The highest BCUT2D eigenvalue weighted by Crippen LogP contribution is 2.39. The molecular weight excluding hydrogens is 161 g/mol. The first-order valence-electron chi connectivity index (χ1n) is 3.19. The Morgan fingerprint density at radius 1 is 1.36 bits per heavy atom. The first-order valence-corrected chi connectivity index (χ1v) is 3.19. The second-order valence-corrected chi connectivity index (χ2v) is 2.43. The zero-order valence-electron chi connectivity index (χ0n) is 6.11. The lowest BCUT2D eigenvalue weighted by atomic mass is 9.86. The van der Waals surface area contributed by atoms with E-state index < -0.39 is 24.8 Å². The van der Waals surface area contributed by atoms with Crippen LogP contribution >= 0.6 is 0 Å². The van der Waals surface area contributed by atoms with Crippen molar-refractivity contribution in [3.05, 3.63) is 0 Å². The molecule has 0 aliphatic heterocycles. The number of hydrogen-bond donors (Lipinski definition) is 1. The molecule has 0 rings (SSSR count). The van der Waals surface area contributed by atoms with Gasteiger partial charge in [-0.25, -0.2) is 0 Å². The van der Waals surface area contributed by atoms with Gasteiger partial charge in [0.1, 0.15) is 0 Å². The van der Waals surface area contributed by atoms with Crippen molar-refractivity contribution < 1.29 is 23.4 Å². The molecule has 0 bridgehead atoms. The Kier molecular flexibility index (Phi) is 3.31. The highest BCUT2D eigenvalue weighted by molar-refractivity contribution is 4.83. The summed E-state index contributed by atoms with van der Waals surface area (Å²) in [6, 6.07) is 0. The summed E-state index contributed by atoms with van der Waals surface area (Å²) in [5.41, 5.74) is -2.44. The molecule has 1 unspecified atom stereocenters. The molecule has 0 aromatic rings. The summed E-state index contributed by atoms with van der Waals surface area (Å²) in [7, 11) is 0. The van der Waals surface area contributed by atoms with Crippen molar-refractivity contribution in [2.45, 2.75) is 19.5 Å². The van der Waals surface area contributed by atoms with Gasteiger partial charge < -0.3 is 10.2 Å². The predicted octanol–water partition coefficient (Wildman–Crippen LogP) is 0.298. The van der Waals surface area contributed by atoms with Crippen molar-refractivity contribution in [1.29, 1.82) is 0 Å². The van der Waals surface area contributed by atoms with Crippen LogP contribution in [0.4, 0.5) is 13.2 Å². The molecule has 0 aromatic carbocycles. The lowest BCUT2D eigenvalue weighted by Crippen LogP contribution is -2.47. The maximum absolute atomic E-state index is 12.0. The monoisotopic (exact) mass is 171 g/mol. The minimum absolute atomic E-state index is 0.378. The van der Waals surface area contributed by atoms with Crippen molar-refractivity contribution in [3.63, 3.8) is 0 Å². The fraction of sp³-hybridized carbons (Fsp3) is 1.00. The van der Waals surface area contributed by atoms with Gasteiger partial charge in [-0.05, 0) is 6.42 Å². The minimum atomic E-state index is -4.60. The second kappa shape index (κ2) is 3.40. The van der Waals surface area contributed by atoms with Gasteiger partial charge in [-0.1, -0.05) is 6.92 Å². The molecule has 0 amide bonds. The molecule has 68 valence electrons. The lowest BCUT2D eigenvalue weighted by molar-refractivity contribution is -0.424. The normalized spacial score (nSPS) is 18.0. The number of hydrogen-bond acceptors (Lipinski definition) is 2. The molecule has 0 saturated heterocycles. The van der Waals surface area contributed by atoms with Crippen LogP contribution in [0.2, 0.25) is 0 Å². The molecule has 1 atom stereocenters. The number of halogens is 3. The van der Waals surface area contributed by atoms with Gasteiger partial charge in [-0.3, -0.25) is 0 Å². The van der Waals surface area contributed by atoms with E-state index in [9.17, 15) is 18.3 Å². The molecule has 2 nitrogen and oxygen atoms in total. The molecule has 0 radical (unpaired) electrons. The third-order valence-electron chi connectivity index (χ3n) is 1.86. The maximum Gasteiger partial charge on any atom is 0.395 e. The van der Waals surface area contributed by atoms with Crippen LogP contribution in [-0.4, -0.2) is 24.5 Å². The fourth-order valence-corrected chi connectivity index (χ4v) is 0.631. The van der Waals surface area contributed by atoms with Crippen LogP contribution in [0.5, 0.6) is 0 Å². The third kappa shape index (κ3) is 1.84. The van der Waals surface area contributed by atoms with Crippen LogP contribution in [0, 0.1) is 5.41 Å². The molecule has 0 aliphatic carbocycles. The maximum atomic E-state index is 12.0. The molecule has 0 heterocycles. The lowest BCUT2D eigenvalue weighted by Gasteiger charge is -2.35. The minimum Gasteiger partial charge on any atom is -0.854 e. The Morgan fingerprint density at radius 2 is 1.82 bits per heavy atom. The van der Waals surface area contributed by atoms with Crippen LogP contribution in [0.1, 0.15) is 13.3 Å². The van der Waals surface area contributed by atoms with E-state index in [1.807, 2.05) is 0 Å². The van der Waals surface area contributed by atoms with E-state index in [-0.39, 0.29) is 6.42 Å². The van der Waals surface area contributed by atoms with Gasteiger partial charge >= 0.3 is 6.18 Å². The van der Waals surface area contributed by atoms with E-state index in [0.29, 0.717) is 0 Å². The SMILES string of the molecule is CCC(C[O-])(CO)C(F)(F)F. The first kappa shape index (κ1) is 10.7. The van der Waals surface area contributed by atoms with Crippen molar-refractivity contribution in [2.24, 2.45) is 5.41 Å². The molecule has 0 saturated carbocycles. The van der Waals surface area contributed by atoms with Crippen LogP contribution in [0.15, 0.2) is 0 Å². The van der Waals surface area contributed by atoms with Gasteiger partial charge in [-0.15, -0.1) is 6.61 Å². The van der Waals surface area contributed by atoms with Crippen LogP contribution in [0.25, 0.3) is 0 Å². The van der Waals surface area contributed by atoms with Gasteiger partial charge in [0.05, 0.1) is 12.0 Å². The van der Waals surface area contributed by atoms with E-state index in [0.717, 1.165) is 0 Å². The van der Waals surface area contributed by atoms with Crippen molar-refractivity contribution in [2.75, 3.05) is 13.2 Å². The van der Waals surface area contributed by atoms with Crippen LogP contribution in [0.3, 0.4) is 0 Å². The summed E-state index contributed by atoms with van der Waals surface area (Å²) in [5.74, 6) is 0. The van der Waals surface area contributed by atoms with Crippen molar-refractivity contribution >= 4 is 0 Å². The summed E-state index contributed by atoms with van der Waals surface area (Å²) in [5, 5.41) is 18.6. The Morgan fingerprint density at radius 3 is 1.82 bits per heavy atom. The number of aliphatic hydroxyl groups is 1. The van der Waals surface area contributed by atoms with E-state index in [4.69, 9.17) is 5.11 Å². The van der Waals surface area contributed by atoms with Crippen LogP contribution < -0.4 is 5.11 Å². The highest BCUT2D eigenvalue weighted by Gasteiger charge is 2.49. The number of rotatable bonds is 3. The van der Waals surface area contributed by atoms with Crippen molar-refractivity contribution in [3.8, 4) is 0 Å². The van der Waals surface area contributed by atoms with Crippen LogP contribution in [-0.2, 0) is 0 Å². The van der Waals surface area contributed by atoms with E-state index in [1.54, 1.807) is 0 Å². The molecule has 11 heavy (non-hydrogen) atoms. The standard InChI is InChI=1S/C6H10F3O2/c1-2-5(3-10,4-11)6(7,8)9/h10H,2-4H2,1H3/q-1. The third-order valence-corrected chi connectivity index (χ3v) is 1.86. The molecular formula is C6H10F3O2-. The van der Waals surface area contributed by atoms with Gasteiger partial charge in [0.15, 0.2) is 0 Å². The Hall–Kier alpha value is -0.290. The quantitative estimate of drug-likeness (QED) is 0.663. The molecule has 5 heteroatoms. The zero-order chi connectivity index (χ0) is 9.12. The Balaban J connectivity index is 4.54. The first-order chi connectivity index (χ1) is 4.93. The molecule has 0 aromatic heterocycles. The Bertz CT molecular complexity index is 109. The summed E-state index contributed by atoms with van der Waals surface area (Å²) in [4.78, 5) is 0. The molecule has 1 N–H and O–H groups in total. The molecule has 0 fully saturated rings. The van der Waals surface area contributed by atoms with Gasteiger partial charge in [0, 0.05) is 0 Å². The predicted molar refractivity (Wildman–Crippen MR) is 30.7 cm³/mol. The molecule has 0 spiro atoms.